The van der Waals surface area contributed by atoms with Gasteiger partial charge in [0.1, 0.15) is 28.9 Å². The summed E-state index contributed by atoms with van der Waals surface area (Å²) in [6, 6.07) is 6.27. The minimum Gasteiger partial charge on any atom is -0.377 e. The number of likely N-dealkylation sites (tertiary alicyclic amines) is 1. The Kier molecular flexibility index (Phi) is 6.03. The minimum atomic E-state index is -0.749. The van der Waals surface area contributed by atoms with Crippen LogP contribution in [0.5, 0.6) is 0 Å². The molecule has 8 nitrogen and oxygen atoms in total. The van der Waals surface area contributed by atoms with Gasteiger partial charge in [-0.1, -0.05) is 12.1 Å². The van der Waals surface area contributed by atoms with E-state index in [0.717, 1.165) is 23.5 Å². The first-order chi connectivity index (χ1) is 16.8. The zero-order valence-electron chi connectivity index (χ0n) is 20.3. The van der Waals surface area contributed by atoms with Crippen LogP contribution >= 0.6 is 0 Å². The van der Waals surface area contributed by atoms with Crippen LogP contribution in [0.1, 0.15) is 54.0 Å². The number of aromatic nitrogens is 2. The van der Waals surface area contributed by atoms with Gasteiger partial charge >= 0.3 is 0 Å². The van der Waals surface area contributed by atoms with E-state index >= 15 is 0 Å². The molecule has 1 amide bonds. The highest BCUT2D eigenvalue weighted by atomic mass is 19.1. The van der Waals surface area contributed by atoms with E-state index in [2.05, 4.69) is 10.2 Å². The molecule has 4 heterocycles. The van der Waals surface area contributed by atoms with E-state index in [1.54, 1.807) is 12.1 Å². The predicted octanol–water partition coefficient (Wildman–Crippen LogP) is 3.19. The van der Waals surface area contributed by atoms with Gasteiger partial charge in [-0.15, -0.1) is 0 Å². The summed E-state index contributed by atoms with van der Waals surface area (Å²) in [5.41, 5.74) is 2.24. The third kappa shape index (κ3) is 3.97. The Hall–Kier alpha value is -3.35. The largest absolute Gasteiger partial charge is 0.377 e. The predicted molar refractivity (Wildman–Crippen MR) is 128 cm³/mol. The number of halogens is 1. The number of hydrogen-bond acceptors (Lipinski definition) is 7. The number of benzene rings is 1. The van der Waals surface area contributed by atoms with Gasteiger partial charge in [-0.25, -0.2) is 14.4 Å². The van der Waals surface area contributed by atoms with Crippen LogP contribution in [-0.2, 0) is 21.5 Å². The minimum absolute atomic E-state index is 0.00761. The lowest BCUT2D eigenvalue weighted by Crippen LogP contribution is -2.53. The molecule has 35 heavy (non-hydrogen) atoms. The lowest BCUT2D eigenvalue weighted by atomic mass is 9.76. The van der Waals surface area contributed by atoms with Crippen LogP contribution in [-0.4, -0.2) is 59.0 Å². The molecule has 2 atom stereocenters. The van der Waals surface area contributed by atoms with Gasteiger partial charge in [-0.3, -0.25) is 4.79 Å². The van der Waals surface area contributed by atoms with Crippen LogP contribution < -0.4 is 5.32 Å². The molecule has 9 heteroatoms. The van der Waals surface area contributed by atoms with E-state index in [1.165, 1.54) is 6.07 Å². The van der Waals surface area contributed by atoms with Crippen LogP contribution in [0.25, 0.3) is 0 Å². The number of ether oxygens (including phenoxy) is 1. The number of aryl methyl sites for hydroxylation is 1. The van der Waals surface area contributed by atoms with Crippen LogP contribution in [0.15, 0.2) is 30.0 Å². The average Bonchev–Trinajstić information content (AvgIpc) is 3.25. The summed E-state index contributed by atoms with van der Waals surface area (Å²) >= 11 is 0. The third-order valence-electron chi connectivity index (χ3n) is 7.26. The molecule has 3 aliphatic rings. The molecule has 0 saturated carbocycles. The second-order valence-corrected chi connectivity index (χ2v) is 9.61. The van der Waals surface area contributed by atoms with Crippen molar-refractivity contribution in [2.75, 3.05) is 38.7 Å². The summed E-state index contributed by atoms with van der Waals surface area (Å²) in [5.74, 6) is 0.700. The van der Waals surface area contributed by atoms with Crippen molar-refractivity contribution in [3.05, 3.63) is 64.0 Å². The van der Waals surface area contributed by atoms with Crippen molar-refractivity contribution in [3.63, 3.8) is 0 Å². The Labute approximate surface area is 204 Å². The Morgan fingerprint density at radius 3 is 2.86 bits per heavy atom. The Morgan fingerprint density at radius 2 is 2.17 bits per heavy atom. The van der Waals surface area contributed by atoms with E-state index in [0.29, 0.717) is 56.4 Å². The molecule has 5 rings (SSSR count). The number of fused-ring (bicyclic) bond motifs is 2. The number of amides is 1. The van der Waals surface area contributed by atoms with Gasteiger partial charge in [0.05, 0.1) is 37.1 Å². The fraction of sp³-hybridized carbons (Fsp3) is 0.462. The number of rotatable bonds is 4. The molecule has 0 bridgehead atoms. The molecule has 1 aromatic heterocycles. The number of likely N-dealkylation sites (N-methyl/N-ethyl adjacent to an activating group) is 1. The maximum Gasteiger partial charge on any atom is 0.240 e. The quantitative estimate of drug-likeness (QED) is 0.724. The van der Waals surface area contributed by atoms with Gasteiger partial charge in [-0.2, -0.15) is 5.26 Å². The van der Waals surface area contributed by atoms with Crippen molar-refractivity contribution < 1.29 is 13.9 Å². The fourth-order valence-corrected chi connectivity index (χ4v) is 5.47. The highest BCUT2D eigenvalue weighted by molar-refractivity contribution is 5.92. The molecule has 1 unspecified atom stereocenters. The Morgan fingerprint density at radius 1 is 1.34 bits per heavy atom. The maximum atomic E-state index is 14.9. The number of carbonyl (C=O) groups excluding carboxylic acids is 1. The van der Waals surface area contributed by atoms with Crippen LogP contribution in [0.4, 0.5) is 10.2 Å². The molecule has 0 radical (unpaired) electrons. The van der Waals surface area contributed by atoms with Crippen molar-refractivity contribution in [2.24, 2.45) is 0 Å². The van der Waals surface area contributed by atoms with E-state index in [1.807, 2.05) is 37.9 Å². The zero-order valence-corrected chi connectivity index (χ0v) is 20.3. The molecule has 182 valence electrons. The zero-order chi connectivity index (χ0) is 24.7. The van der Waals surface area contributed by atoms with E-state index < -0.39 is 17.3 Å². The second kappa shape index (κ2) is 9.02. The van der Waals surface area contributed by atoms with Crippen LogP contribution in [0.3, 0.4) is 0 Å². The highest BCUT2D eigenvalue weighted by Gasteiger charge is 2.53. The number of anilines is 1. The van der Waals surface area contributed by atoms with Gasteiger partial charge in [0.15, 0.2) is 0 Å². The molecule has 1 spiro atoms. The Bertz CT molecular complexity index is 1260. The molecule has 1 N–H and O–H groups in total. The molecular weight excluding hydrogens is 447 g/mol. The van der Waals surface area contributed by atoms with Crippen molar-refractivity contribution >= 4 is 11.7 Å². The molecule has 0 aliphatic carbocycles. The number of nitriles is 1. The molecule has 1 fully saturated rings. The third-order valence-corrected chi connectivity index (χ3v) is 7.26. The van der Waals surface area contributed by atoms with E-state index in [4.69, 9.17) is 14.7 Å². The fourth-order valence-electron chi connectivity index (χ4n) is 5.47. The second-order valence-electron chi connectivity index (χ2n) is 9.61. The first-order valence-electron chi connectivity index (χ1n) is 11.9. The summed E-state index contributed by atoms with van der Waals surface area (Å²) in [7, 11) is 2.02. The summed E-state index contributed by atoms with van der Waals surface area (Å²) < 4.78 is 20.4. The lowest BCUT2D eigenvalue weighted by Gasteiger charge is -2.42. The van der Waals surface area contributed by atoms with Crippen molar-refractivity contribution in [1.29, 1.82) is 5.26 Å². The number of nitrogens with one attached hydrogen (secondary N) is 1. The highest BCUT2D eigenvalue weighted by Crippen LogP contribution is 2.44. The monoisotopic (exact) mass is 476 g/mol. The van der Waals surface area contributed by atoms with Crippen molar-refractivity contribution in [3.8, 4) is 6.07 Å². The van der Waals surface area contributed by atoms with E-state index in [-0.39, 0.29) is 11.5 Å². The first-order valence-corrected chi connectivity index (χ1v) is 11.9. The molecule has 1 aromatic carbocycles. The number of hydrogen-bond donors (Lipinski definition) is 1. The maximum absolute atomic E-state index is 14.9. The summed E-state index contributed by atoms with van der Waals surface area (Å²) in [6.07, 6.45) is 3.33. The summed E-state index contributed by atoms with van der Waals surface area (Å²) in [5, 5.41) is 12.6. The van der Waals surface area contributed by atoms with Gasteiger partial charge < -0.3 is 19.9 Å². The van der Waals surface area contributed by atoms with Gasteiger partial charge in [-0.05, 0) is 46.0 Å². The topological polar surface area (TPSA) is 94.4 Å². The smallest absolute Gasteiger partial charge is 0.240 e. The van der Waals surface area contributed by atoms with Crippen LogP contribution in [0, 0.1) is 24.1 Å². The van der Waals surface area contributed by atoms with Gasteiger partial charge in [0.2, 0.25) is 5.91 Å². The Balaban J connectivity index is 1.60. The first kappa shape index (κ1) is 23.4. The normalized spacial score (nSPS) is 23.1. The lowest BCUT2D eigenvalue weighted by molar-refractivity contribution is -0.137. The van der Waals surface area contributed by atoms with Gasteiger partial charge in [0, 0.05) is 29.8 Å². The van der Waals surface area contributed by atoms with Crippen molar-refractivity contribution in [1.82, 2.24) is 19.8 Å². The van der Waals surface area contributed by atoms with Gasteiger partial charge in [0.25, 0.3) is 0 Å². The number of nitrogens with zero attached hydrogens (tertiary/aromatic N) is 5. The standard InChI is InChI=1S/C26H29FN6O2/c1-16(20-6-4-5-18(13-28)22(20)27)29-24-21-14-33(19-7-11-35-12-8-19)25(34)26(9-10-32(3)15-26)23(21)30-17(2)31-24/h4-7,16H,8-12,14-15H2,1-3H3,(H,29,30,31)/t16-,26?/m1/s1. The number of carbonyl (C=O) groups is 1. The summed E-state index contributed by atoms with van der Waals surface area (Å²) in [6.45, 7) is 6.46. The molecule has 1 saturated heterocycles. The average molecular weight is 477 g/mol. The SMILES string of the molecule is Cc1nc(N[C@H](C)c2cccc(C#N)c2F)c2c(n1)C1(CCN(C)C1)C(=O)N(C1=CCOCC1)C2. The van der Waals surface area contributed by atoms with E-state index in [9.17, 15) is 14.4 Å². The van der Waals surface area contributed by atoms with Crippen molar-refractivity contribution in [2.45, 2.75) is 44.7 Å². The molecule has 3 aliphatic heterocycles. The molecular formula is C26H29FN6O2. The van der Waals surface area contributed by atoms with Crippen LogP contribution in [0.2, 0.25) is 0 Å². The molecule has 2 aromatic rings. The summed E-state index contributed by atoms with van der Waals surface area (Å²) in [4.78, 5) is 27.5.